The molecule has 0 saturated heterocycles. The van der Waals surface area contributed by atoms with Crippen molar-refractivity contribution in [3.05, 3.63) is 60.5 Å². The number of nitrogens with zero attached hydrogens (tertiary/aromatic N) is 3. The summed E-state index contributed by atoms with van der Waals surface area (Å²) in [5, 5.41) is 13.0. The van der Waals surface area contributed by atoms with Gasteiger partial charge in [-0.3, -0.25) is 9.36 Å². The minimum absolute atomic E-state index is 0.121. The second-order valence-corrected chi connectivity index (χ2v) is 7.49. The highest BCUT2D eigenvalue weighted by Gasteiger charge is 2.18. The Kier molecular flexibility index (Phi) is 6.10. The van der Waals surface area contributed by atoms with Crippen LogP contribution < -0.4 is 5.32 Å². The number of hydrogen-bond donors (Lipinski definition) is 2. The number of methoxy groups -OCH3 is 1. The Morgan fingerprint density at radius 1 is 1.23 bits per heavy atom. The summed E-state index contributed by atoms with van der Waals surface area (Å²) in [6, 6.07) is 13.8. The number of aromatic amines is 1. The summed E-state index contributed by atoms with van der Waals surface area (Å²) in [6.07, 6.45) is 1.91. The number of ether oxygens (including phenoxy) is 1. The molecule has 154 valence electrons. The van der Waals surface area contributed by atoms with Crippen LogP contribution in [0.2, 0.25) is 0 Å². The van der Waals surface area contributed by atoms with Gasteiger partial charge in [0.05, 0.1) is 18.9 Å². The molecule has 7 nitrogen and oxygen atoms in total. The van der Waals surface area contributed by atoms with Crippen LogP contribution in [0, 0.1) is 5.82 Å². The lowest BCUT2D eigenvalue weighted by Crippen LogP contribution is -2.15. The molecule has 2 aromatic carbocycles. The first-order chi connectivity index (χ1) is 14.7. The minimum Gasteiger partial charge on any atom is -0.383 e. The SMILES string of the molecule is COCCn1c(SCC(=O)Nc2cccc(F)c2)nnc1-c1c[nH]c2ccccc12. The van der Waals surface area contributed by atoms with E-state index >= 15 is 0 Å². The third-order valence-corrected chi connectivity index (χ3v) is 5.47. The van der Waals surface area contributed by atoms with Gasteiger partial charge in [0.1, 0.15) is 5.82 Å². The van der Waals surface area contributed by atoms with Crippen LogP contribution in [0.4, 0.5) is 10.1 Å². The molecule has 2 N–H and O–H groups in total. The third-order valence-electron chi connectivity index (χ3n) is 4.51. The van der Waals surface area contributed by atoms with Crippen molar-refractivity contribution in [3.8, 4) is 11.4 Å². The standard InChI is InChI=1S/C21H20FN5O2S/c1-29-10-9-27-20(17-12-23-18-8-3-2-7-16(17)18)25-26-21(27)30-13-19(28)24-15-6-4-5-14(22)11-15/h2-8,11-12,23H,9-10,13H2,1H3,(H,24,28). The Morgan fingerprint density at radius 2 is 2.10 bits per heavy atom. The zero-order valence-electron chi connectivity index (χ0n) is 16.3. The maximum atomic E-state index is 13.3. The molecule has 0 bridgehead atoms. The van der Waals surface area contributed by atoms with Crippen LogP contribution >= 0.6 is 11.8 Å². The van der Waals surface area contributed by atoms with Gasteiger partial charge < -0.3 is 15.0 Å². The number of nitrogens with one attached hydrogen (secondary N) is 2. The topological polar surface area (TPSA) is 84.8 Å². The molecule has 4 aromatic rings. The number of benzene rings is 2. The molecule has 0 fully saturated rings. The van der Waals surface area contributed by atoms with Crippen LogP contribution in [0.3, 0.4) is 0 Å². The number of carbonyl (C=O) groups is 1. The van der Waals surface area contributed by atoms with Crippen molar-refractivity contribution in [2.24, 2.45) is 0 Å². The zero-order chi connectivity index (χ0) is 20.9. The average Bonchev–Trinajstić information content (AvgIpc) is 3.34. The molecule has 0 aliphatic heterocycles. The highest BCUT2D eigenvalue weighted by Crippen LogP contribution is 2.30. The van der Waals surface area contributed by atoms with Crippen LogP contribution in [-0.4, -0.2) is 45.1 Å². The maximum Gasteiger partial charge on any atom is 0.234 e. The van der Waals surface area contributed by atoms with E-state index in [4.69, 9.17) is 4.74 Å². The summed E-state index contributed by atoms with van der Waals surface area (Å²) in [6.45, 7) is 1.03. The summed E-state index contributed by atoms with van der Waals surface area (Å²) in [5.41, 5.74) is 2.36. The summed E-state index contributed by atoms with van der Waals surface area (Å²) >= 11 is 1.27. The number of carbonyl (C=O) groups excluding carboxylic acids is 1. The summed E-state index contributed by atoms with van der Waals surface area (Å²) in [5.74, 6) is 0.177. The van der Waals surface area contributed by atoms with Gasteiger partial charge >= 0.3 is 0 Å². The van der Waals surface area contributed by atoms with Crippen molar-refractivity contribution in [1.82, 2.24) is 19.7 Å². The van der Waals surface area contributed by atoms with Crippen LogP contribution in [0.25, 0.3) is 22.3 Å². The number of halogens is 1. The van der Waals surface area contributed by atoms with Gasteiger partial charge in [-0.05, 0) is 24.3 Å². The number of thioether (sulfide) groups is 1. The van der Waals surface area contributed by atoms with E-state index in [9.17, 15) is 9.18 Å². The number of H-pyrrole nitrogens is 1. The molecule has 2 heterocycles. The summed E-state index contributed by atoms with van der Waals surface area (Å²) in [4.78, 5) is 15.5. The fourth-order valence-corrected chi connectivity index (χ4v) is 3.89. The first kappa shape index (κ1) is 20.1. The third kappa shape index (κ3) is 4.37. The maximum absolute atomic E-state index is 13.3. The summed E-state index contributed by atoms with van der Waals surface area (Å²) in [7, 11) is 1.63. The van der Waals surface area contributed by atoms with Gasteiger partial charge in [0.25, 0.3) is 0 Å². The predicted molar refractivity (Wildman–Crippen MR) is 115 cm³/mol. The lowest BCUT2D eigenvalue weighted by Gasteiger charge is -2.09. The first-order valence-corrected chi connectivity index (χ1v) is 10.3. The van der Waals surface area contributed by atoms with Gasteiger partial charge in [0.2, 0.25) is 5.91 Å². The van der Waals surface area contributed by atoms with E-state index in [-0.39, 0.29) is 11.7 Å². The van der Waals surface area contributed by atoms with E-state index in [0.717, 1.165) is 16.5 Å². The van der Waals surface area contributed by atoms with Crippen LogP contribution in [0.5, 0.6) is 0 Å². The van der Waals surface area contributed by atoms with E-state index < -0.39 is 5.82 Å². The molecular weight excluding hydrogens is 405 g/mol. The molecule has 0 aliphatic rings. The molecule has 2 aromatic heterocycles. The Hall–Kier alpha value is -3.17. The molecule has 0 atom stereocenters. The summed E-state index contributed by atoms with van der Waals surface area (Å²) < 4.78 is 20.5. The molecule has 0 aliphatic carbocycles. The molecule has 1 amide bonds. The Balaban J connectivity index is 1.54. The van der Waals surface area contributed by atoms with Crippen molar-refractivity contribution in [3.63, 3.8) is 0 Å². The van der Waals surface area contributed by atoms with Gasteiger partial charge in [-0.25, -0.2) is 4.39 Å². The van der Waals surface area contributed by atoms with Crippen molar-refractivity contribution in [2.45, 2.75) is 11.7 Å². The highest BCUT2D eigenvalue weighted by molar-refractivity contribution is 7.99. The van der Waals surface area contributed by atoms with E-state index in [0.29, 0.717) is 29.8 Å². The minimum atomic E-state index is -0.400. The van der Waals surface area contributed by atoms with Crippen molar-refractivity contribution in [1.29, 1.82) is 0 Å². The van der Waals surface area contributed by atoms with Gasteiger partial charge in [0, 0.05) is 35.5 Å². The molecule has 0 unspecified atom stereocenters. The largest absolute Gasteiger partial charge is 0.383 e. The van der Waals surface area contributed by atoms with Crippen molar-refractivity contribution >= 4 is 34.3 Å². The van der Waals surface area contributed by atoms with Gasteiger partial charge in [-0.15, -0.1) is 10.2 Å². The first-order valence-electron chi connectivity index (χ1n) is 9.32. The van der Waals surface area contributed by atoms with E-state index in [1.807, 2.05) is 35.0 Å². The fourth-order valence-electron chi connectivity index (χ4n) is 3.13. The molecule has 30 heavy (non-hydrogen) atoms. The number of para-hydroxylation sites is 1. The normalized spacial score (nSPS) is 11.1. The lowest BCUT2D eigenvalue weighted by molar-refractivity contribution is -0.113. The molecular formula is C21H20FN5O2S. The monoisotopic (exact) mass is 425 g/mol. The second-order valence-electron chi connectivity index (χ2n) is 6.55. The number of rotatable bonds is 8. The smallest absolute Gasteiger partial charge is 0.234 e. The number of amides is 1. The Labute approximate surface area is 176 Å². The molecule has 4 rings (SSSR count). The second kappa shape index (κ2) is 9.10. The quantitative estimate of drug-likeness (QED) is 0.418. The van der Waals surface area contributed by atoms with Crippen molar-refractivity contribution < 1.29 is 13.9 Å². The molecule has 9 heteroatoms. The number of fused-ring (bicyclic) bond motifs is 1. The van der Waals surface area contributed by atoms with Crippen LogP contribution in [-0.2, 0) is 16.1 Å². The number of anilines is 1. The molecule has 0 saturated carbocycles. The zero-order valence-corrected chi connectivity index (χ0v) is 17.1. The van der Waals surface area contributed by atoms with E-state index in [1.165, 1.54) is 23.9 Å². The predicted octanol–water partition coefficient (Wildman–Crippen LogP) is 3.94. The number of aromatic nitrogens is 4. The Bertz CT molecular complexity index is 1170. The Morgan fingerprint density at radius 3 is 2.93 bits per heavy atom. The van der Waals surface area contributed by atoms with Crippen LogP contribution in [0.15, 0.2) is 59.9 Å². The fraction of sp³-hybridized carbons (Fsp3) is 0.190. The van der Waals surface area contributed by atoms with E-state index in [2.05, 4.69) is 20.5 Å². The van der Waals surface area contributed by atoms with Crippen LogP contribution in [0.1, 0.15) is 0 Å². The number of hydrogen-bond acceptors (Lipinski definition) is 5. The lowest BCUT2D eigenvalue weighted by atomic mass is 10.1. The molecule has 0 radical (unpaired) electrons. The molecule has 0 spiro atoms. The van der Waals surface area contributed by atoms with Crippen molar-refractivity contribution in [2.75, 3.05) is 24.8 Å². The van der Waals surface area contributed by atoms with E-state index in [1.54, 1.807) is 19.2 Å². The highest BCUT2D eigenvalue weighted by atomic mass is 32.2. The average molecular weight is 425 g/mol. The van der Waals surface area contributed by atoms with Gasteiger partial charge in [-0.1, -0.05) is 36.0 Å². The van der Waals surface area contributed by atoms with Gasteiger partial charge in [0.15, 0.2) is 11.0 Å². The van der Waals surface area contributed by atoms with Gasteiger partial charge in [-0.2, -0.15) is 0 Å².